The lowest BCUT2D eigenvalue weighted by Crippen LogP contribution is -2.33. The molecule has 0 aliphatic heterocycles. The predicted octanol–water partition coefficient (Wildman–Crippen LogP) is 1.17. The van der Waals surface area contributed by atoms with Gasteiger partial charge >= 0.3 is 0 Å². The number of aliphatic hydroxyl groups is 2. The third-order valence-electron chi connectivity index (χ3n) is 2.43. The summed E-state index contributed by atoms with van der Waals surface area (Å²) in [6, 6.07) is 5.94. The van der Waals surface area contributed by atoms with Crippen molar-refractivity contribution >= 4 is 5.82 Å². The quantitative estimate of drug-likeness (QED) is 0.761. The van der Waals surface area contributed by atoms with Crippen LogP contribution in [0.5, 0.6) is 0 Å². The molecule has 0 aromatic carbocycles. The lowest BCUT2D eigenvalue weighted by molar-refractivity contribution is 0.276. The smallest absolute Gasteiger partial charge is 0.129 e. The average Bonchev–Trinajstić information content (AvgIpc) is 2.29. The highest BCUT2D eigenvalue weighted by molar-refractivity contribution is 5.40. The fraction of sp³-hybridized carbons (Fsp3) is 0.583. The fourth-order valence-electron chi connectivity index (χ4n) is 1.59. The van der Waals surface area contributed by atoms with E-state index in [0.29, 0.717) is 11.7 Å². The molecular weight excluding hydrogens is 204 g/mol. The molecule has 1 aromatic heterocycles. The molecule has 2 N–H and O–H groups in total. The summed E-state index contributed by atoms with van der Waals surface area (Å²) in [4.78, 5) is 6.48. The van der Waals surface area contributed by atoms with Crippen LogP contribution in [0.25, 0.3) is 0 Å². The lowest BCUT2D eigenvalue weighted by atomic mass is 10.2. The monoisotopic (exact) mass is 224 g/mol. The van der Waals surface area contributed by atoms with Gasteiger partial charge in [0, 0.05) is 19.2 Å². The van der Waals surface area contributed by atoms with Gasteiger partial charge in [0.05, 0.1) is 12.3 Å². The zero-order chi connectivity index (χ0) is 12.0. The van der Waals surface area contributed by atoms with Gasteiger partial charge < -0.3 is 15.1 Å². The summed E-state index contributed by atoms with van der Waals surface area (Å²) in [6.45, 7) is 5.09. The van der Waals surface area contributed by atoms with E-state index < -0.39 is 0 Å². The van der Waals surface area contributed by atoms with Crippen molar-refractivity contribution < 1.29 is 10.2 Å². The number of hydrogen-bond acceptors (Lipinski definition) is 4. The van der Waals surface area contributed by atoms with Crippen molar-refractivity contribution in [1.82, 2.24) is 4.98 Å². The van der Waals surface area contributed by atoms with E-state index in [9.17, 15) is 0 Å². The van der Waals surface area contributed by atoms with Gasteiger partial charge in [0.2, 0.25) is 0 Å². The molecule has 0 bridgehead atoms. The Bertz CT molecular complexity index is 316. The predicted molar refractivity (Wildman–Crippen MR) is 64.3 cm³/mol. The van der Waals surface area contributed by atoms with Crippen LogP contribution in [-0.4, -0.2) is 34.4 Å². The van der Waals surface area contributed by atoms with Crippen molar-refractivity contribution in [1.29, 1.82) is 0 Å². The topological polar surface area (TPSA) is 56.6 Å². The Kier molecular flexibility index (Phi) is 5.22. The molecule has 0 saturated carbocycles. The van der Waals surface area contributed by atoms with Crippen LogP contribution in [0.4, 0.5) is 5.82 Å². The van der Waals surface area contributed by atoms with E-state index >= 15 is 0 Å². The van der Waals surface area contributed by atoms with Crippen LogP contribution in [0.2, 0.25) is 0 Å². The van der Waals surface area contributed by atoms with Gasteiger partial charge in [-0.3, -0.25) is 0 Å². The third-order valence-corrected chi connectivity index (χ3v) is 2.43. The van der Waals surface area contributed by atoms with Crippen molar-refractivity contribution in [2.45, 2.75) is 32.9 Å². The molecule has 0 saturated heterocycles. The zero-order valence-electron chi connectivity index (χ0n) is 9.93. The van der Waals surface area contributed by atoms with Crippen molar-refractivity contribution in [2.24, 2.45) is 0 Å². The fourth-order valence-corrected chi connectivity index (χ4v) is 1.59. The summed E-state index contributed by atoms with van der Waals surface area (Å²) in [7, 11) is 0. The maximum atomic E-state index is 9.04. The van der Waals surface area contributed by atoms with Crippen molar-refractivity contribution in [3.63, 3.8) is 0 Å². The second kappa shape index (κ2) is 6.45. The number of hydrogen-bond donors (Lipinski definition) is 2. The van der Waals surface area contributed by atoms with E-state index in [1.165, 1.54) is 0 Å². The zero-order valence-corrected chi connectivity index (χ0v) is 9.93. The Morgan fingerprint density at radius 2 is 2.06 bits per heavy atom. The number of pyridine rings is 1. The summed E-state index contributed by atoms with van der Waals surface area (Å²) in [5.74, 6) is 0.856. The molecule has 4 nitrogen and oxygen atoms in total. The molecule has 90 valence electrons. The molecule has 1 rings (SSSR count). The second-order valence-electron chi connectivity index (χ2n) is 4.01. The van der Waals surface area contributed by atoms with E-state index in [1.54, 1.807) is 6.07 Å². The molecule has 1 heterocycles. The second-order valence-corrected chi connectivity index (χ2v) is 4.01. The third kappa shape index (κ3) is 3.47. The largest absolute Gasteiger partial charge is 0.396 e. The Labute approximate surface area is 96.6 Å². The van der Waals surface area contributed by atoms with Crippen LogP contribution >= 0.6 is 0 Å². The minimum absolute atomic E-state index is 0.0419. The van der Waals surface area contributed by atoms with Crippen LogP contribution in [0.15, 0.2) is 18.2 Å². The SMILES string of the molecule is CC(C)N(CCCO)c1cccc(CO)n1. The first-order chi connectivity index (χ1) is 7.69. The molecule has 0 aliphatic carbocycles. The van der Waals surface area contributed by atoms with E-state index in [4.69, 9.17) is 10.2 Å². The minimum Gasteiger partial charge on any atom is -0.396 e. The van der Waals surface area contributed by atoms with Crippen LogP contribution in [0.3, 0.4) is 0 Å². The van der Waals surface area contributed by atoms with Gasteiger partial charge in [-0.1, -0.05) is 6.07 Å². The molecule has 0 aliphatic rings. The van der Waals surface area contributed by atoms with Crippen LogP contribution in [0.1, 0.15) is 26.0 Å². The highest BCUT2D eigenvalue weighted by Crippen LogP contribution is 2.15. The van der Waals surface area contributed by atoms with Crippen LogP contribution < -0.4 is 4.90 Å². The van der Waals surface area contributed by atoms with Gasteiger partial charge in [0.15, 0.2) is 0 Å². The Morgan fingerprint density at radius 3 is 2.62 bits per heavy atom. The van der Waals surface area contributed by atoms with Crippen molar-refractivity contribution in [3.05, 3.63) is 23.9 Å². The molecule has 4 heteroatoms. The van der Waals surface area contributed by atoms with Gasteiger partial charge in [0.25, 0.3) is 0 Å². The number of aromatic nitrogens is 1. The molecule has 0 spiro atoms. The normalized spacial score (nSPS) is 10.8. The van der Waals surface area contributed by atoms with E-state index in [2.05, 4.69) is 23.7 Å². The van der Waals surface area contributed by atoms with Crippen molar-refractivity contribution in [3.8, 4) is 0 Å². The molecule has 0 unspecified atom stereocenters. The van der Waals surface area contributed by atoms with Gasteiger partial charge in [-0.05, 0) is 32.4 Å². The summed E-state index contributed by atoms with van der Waals surface area (Å²) in [5, 5.41) is 17.9. The average molecular weight is 224 g/mol. The highest BCUT2D eigenvalue weighted by atomic mass is 16.3. The Hall–Kier alpha value is -1.13. The Morgan fingerprint density at radius 1 is 1.31 bits per heavy atom. The van der Waals surface area contributed by atoms with E-state index in [1.807, 2.05) is 12.1 Å². The number of rotatable bonds is 6. The molecular formula is C12H20N2O2. The number of aliphatic hydroxyl groups excluding tert-OH is 2. The highest BCUT2D eigenvalue weighted by Gasteiger charge is 2.11. The Balaban J connectivity index is 2.82. The summed E-state index contributed by atoms with van der Waals surface area (Å²) < 4.78 is 0. The van der Waals surface area contributed by atoms with Gasteiger partial charge in [-0.2, -0.15) is 0 Å². The van der Waals surface area contributed by atoms with Gasteiger partial charge in [0.1, 0.15) is 5.82 Å². The number of anilines is 1. The van der Waals surface area contributed by atoms with E-state index in [-0.39, 0.29) is 13.2 Å². The lowest BCUT2D eigenvalue weighted by Gasteiger charge is -2.27. The molecule has 0 radical (unpaired) electrons. The van der Waals surface area contributed by atoms with E-state index in [0.717, 1.165) is 18.8 Å². The molecule has 1 aromatic rings. The van der Waals surface area contributed by atoms with Gasteiger partial charge in [-0.15, -0.1) is 0 Å². The molecule has 16 heavy (non-hydrogen) atoms. The van der Waals surface area contributed by atoms with Crippen molar-refractivity contribution in [2.75, 3.05) is 18.1 Å². The van der Waals surface area contributed by atoms with Gasteiger partial charge in [-0.25, -0.2) is 4.98 Å². The first kappa shape index (κ1) is 12.9. The maximum Gasteiger partial charge on any atom is 0.129 e. The maximum absolute atomic E-state index is 9.04. The minimum atomic E-state index is -0.0419. The number of nitrogens with zero attached hydrogens (tertiary/aromatic N) is 2. The first-order valence-electron chi connectivity index (χ1n) is 5.63. The molecule has 0 fully saturated rings. The summed E-state index contributed by atoms with van der Waals surface area (Å²) in [6.07, 6.45) is 0.725. The first-order valence-corrected chi connectivity index (χ1v) is 5.63. The molecule has 0 atom stereocenters. The van der Waals surface area contributed by atoms with Crippen LogP contribution in [0, 0.1) is 0 Å². The summed E-state index contributed by atoms with van der Waals surface area (Å²) in [5.41, 5.74) is 0.673. The standard InChI is InChI=1S/C12H20N2O2/c1-10(2)14(7-4-8-15)12-6-3-5-11(9-16)13-12/h3,5-6,10,15-16H,4,7-9H2,1-2H3. The summed E-state index contributed by atoms with van der Waals surface area (Å²) >= 11 is 0. The molecule has 0 amide bonds. The van der Waals surface area contributed by atoms with Crippen LogP contribution in [-0.2, 0) is 6.61 Å².